The summed E-state index contributed by atoms with van der Waals surface area (Å²) in [5.74, 6) is 0.554. The summed E-state index contributed by atoms with van der Waals surface area (Å²) in [6.45, 7) is 8.68. The minimum atomic E-state index is -3.55. The number of benzene rings is 1. The second kappa shape index (κ2) is 7.82. The second-order valence-electron chi connectivity index (χ2n) is 5.29. The molecule has 3 nitrogen and oxygen atoms in total. The van der Waals surface area contributed by atoms with E-state index in [1.165, 1.54) is 10.4 Å². The Balaban J connectivity index is 3.32. The molecule has 0 radical (unpaired) electrons. The Labute approximate surface area is 138 Å². The second-order valence-corrected chi connectivity index (χ2v) is 7.90. The monoisotopic (exact) mass is 351 g/mol. The van der Waals surface area contributed by atoms with Crippen molar-refractivity contribution in [2.24, 2.45) is 5.92 Å². The fraction of sp³-hybridized carbons (Fsp3) is 0.600. The van der Waals surface area contributed by atoms with E-state index in [0.717, 1.165) is 12.0 Å². The van der Waals surface area contributed by atoms with E-state index in [2.05, 4.69) is 6.92 Å². The normalized spacial score (nSPS) is 13.7. The Morgan fingerprint density at radius 3 is 2.38 bits per heavy atom. The molecule has 0 heterocycles. The van der Waals surface area contributed by atoms with Crippen molar-refractivity contribution < 1.29 is 8.42 Å². The van der Waals surface area contributed by atoms with E-state index in [1.807, 2.05) is 13.8 Å². The van der Waals surface area contributed by atoms with Gasteiger partial charge in [0.15, 0.2) is 0 Å². The van der Waals surface area contributed by atoms with Gasteiger partial charge in [0.05, 0.1) is 4.90 Å². The minimum absolute atomic E-state index is 0.242. The first-order valence-electron chi connectivity index (χ1n) is 7.13. The van der Waals surface area contributed by atoms with Gasteiger partial charge in [-0.15, -0.1) is 11.6 Å². The average Bonchev–Trinajstić information content (AvgIpc) is 2.45. The summed E-state index contributed by atoms with van der Waals surface area (Å²) in [5, 5.41) is 0.398. The smallest absolute Gasteiger partial charge is 0.207 e. The molecule has 1 aromatic carbocycles. The maximum Gasteiger partial charge on any atom is 0.243 e. The van der Waals surface area contributed by atoms with Crippen molar-refractivity contribution in [1.29, 1.82) is 0 Å². The van der Waals surface area contributed by atoms with E-state index in [4.69, 9.17) is 23.2 Å². The molecular formula is C15H23Cl2NO2S. The van der Waals surface area contributed by atoms with Crippen LogP contribution in [0.25, 0.3) is 0 Å². The van der Waals surface area contributed by atoms with Crippen LogP contribution in [-0.4, -0.2) is 25.8 Å². The lowest BCUT2D eigenvalue weighted by Crippen LogP contribution is -2.35. The fourth-order valence-corrected chi connectivity index (χ4v) is 4.57. The Kier molecular flexibility index (Phi) is 6.98. The SMILES string of the molecule is CCC(C)CN(CC)S(=O)(=O)c1cc(Cl)cc(CCl)c1C. The molecule has 0 N–H and O–H groups in total. The predicted molar refractivity (Wildman–Crippen MR) is 89.6 cm³/mol. The van der Waals surface area contributed by atoms with Gasteiger partial charge in [-0.1, -0.05) is 38.8 Å². The van der Waals surface area contributed by atoms with Crippen molar-refractivity contribution in [2.75, 3.05) is 13.1 Å². The zero-order valence-electron chi connectivity index (χ0n) is 13.0. The van der Waals surface area contributed by atoms with Gasteiger partial charge in [0.1, 0.15) is 0 Å². The first-order valence-corrected chi connectivity index (χ1v) is 9.48. The molecule has 0 spiro atoms. The van der Waals surface area contributed by atoms with Gasteiger partial charge in [-0.3, -0.25) is 0 Å². The largest absolute Gasteiger partial charge is 0.243 e. The topological polar surface area (TPSA) is 37.4 Å². The van der Waals surface area contributed by atoms with Gasteiger partial charge in [0.25, 0.3) is 0 Å². The zero-order chi connectivity index (χ0) is 16.2. The maximum atomic E-state index is 12.9. The van der Waals surface area contributed by atoms with Crippen LogP contribution >= 0.6 is 23.2 Å². The molecule has 0 amide bonds. The summed E-state index contributed by atoms with van der Waals surface area (Å²) in [6.07, 6.45) is 0.938. The minimum Gasteiger partial charge on any atom is -0.207 e. The number of halogens is 2. The molecule has 6 heteroatoms. The number of alkyl halides is 1. The van der Waals surface area contributed by atoms with E-state index in [1.54, 1.807) is 13.0 Å². The molecular weight excluding hydrogens is 329 g/mol. The van der Waals surface area contributed by atoms with Gasteiger partial charge in [0.2, 0.25) is 10.0 Å². The molecule has 1 unspecified atom stereocenters. The first-order chi connectivity index (χ1) is 9.77. The third kappa shape index (κ3) is 4.35. The van der Waals surface area contributed by atoms with Crippen LogP contribution in [0.4, 0.5) is 0 Å². The molecule has 1 rings (SSSR count). The molecule has 1 atom stereocenters. The molecule has 0 aliphatic heterocycles. The average molecular weight is 352 g/mol. The molecule has 21 heavy (non-hydrogen) atoms. The lowest BCUT2D eigenvalue weighted by atomic mass is 10.1. The summed E-state index contributed by atoms with van der Waals surface area (Å²) in [6, 6.07) is 3.23. The van der Waals surface area contributed by atoms with Crippen LogP contribution < -0.4 is 0 Å². The summed E-state index contributed by atoms with van der Waals surface area (Å²) < 4.78 is 27.3. The summed E-state index contributed by atoms with van der Waals surface area (Å²) in [4.78, 5) is 0.260. The molecule has 0 fully saturated rings. The quantitative estimate of drug-likeness (QED) is 0.680. The highest BCUT2D eigenvalue weighted by atomic mass is 35.5. The van der Waals surface area contributed by atoms with Crippen LogP contribution in [0.5, 0.6) is 0 Å². The summed E-state index contributed by atoms with van der Waals surface area (Å²) in [7, 11) is -3.55. The van der Waals surface area contributed by atoms with E-state index >= 15 is 0 Å². The summed E-state index contributed by atoms with van der Waals surface area (Å²) in [5.41, 5.74) is 1.43. The molecule has 0 saturated carbocycles. The Morgan fingerprint density at radius 2 is 1.90 bits per heavy atom. The molecule has 0 aliphatic carbocycles. The van der Waals surface area contributed by atoms with Gasteiger partial charge in [-0.25, -0.2) is 8.42 Å². The number of hydrogen-bond donors (Lipinski definition) is 0. The Hall–Kier alpha value is -0.290. The van der Waals surface area contributed by atoms with Crippen molar-refractivity contribution in [3.05, 3.63) is 28.3 Å². The van der Waals surface area contributed by atoms with E-state index in [-0.39, 0.29) is 10.8 Å². The van der Waals surface area contributed by atoms with Gasteiger partial charge >= 0.3 is 0 Å². The van der Waals surface area contributed by atoms with Gasteiger partial charge in [0, 0.05) is 24.0 Å². The van der Waals surface area contributed by atoms with Crippen molar-refractivity contribution in [1.82, 2.24) is 4.31 Å². The van der Waals surface area contributed by atoms with Crippen LogP contribution in [0.1, 0.15) is 38.3 Å². The van der Waals surface area contributed by atoms with Crippen LogP contribution in [0, 0.1) is 12.8 Å². The van der Waals surface area contributed by atoms with Crippen LogP contribution in [0.3, 0.4) is 0 Å². The molecule has 1 aromatic rings. The highest BCUT2D eigenvalue weighted by Crippen LogP contribution is 2.28. The highest BCUT2D eigenvalue weighted by molar-refractivity contribution is 7.89. The lowest BCUT2D eigenvalue weighted by Gasteiger charge is -2.25. The van der Waals surface area contributed by atoms with Gasteiger partial charge in [-0.05, 0) is 36.1 Å². The third-order valence-electron chi connectivity index (χ3n) is 3.76. The van der Waals surface area contributed by atoms with Crippen LogP contribution in [0.15, 0.2) is 17.0 Å². The van der Waals surface area contributed by atoms with Crippen molar-refractivity contribution in [3.8, 4) is 0 Å². The first kappa shape index (κ1) is 18.8. The number of hydrogen-bond acceptors (Lipinski definition) is 2. The van der Waals surface area contributed by atoms with E-state index < -0.39 is 10.0 Å². The molecule has 0 aliphatic rings. The Morgan fingerprint density at radius 1 is 1.29 bits per heavy atom. The number of rotatable bonds is 7. The van der Waals surface area contributed by atoms with Gasteiger partial charge < -0.3 is 0 Å². The zero-order valence-corrected chi connectivity index (χ0v) is 15.3. The van der Waals surface area contributed by atoms with E-state index in [0.29, 0.717) is 29.6 Å². The highest BCUT2D eigenvalue weighted by Gasteiger charge is 2.27. The van der Waals surface area contributed by atoms with Gasteiger partial charge in [-0.2, -0.15) is 4.31 Å². The van der Waals surface area contributed by atoms with Crippen LogP contribution in [-0.2, 0) is 15.9 Å². The van der Waals surface area contributed by atoms with Crippen molar-refractivity contribution >= 4 is 33.2 Å². The molecule has 0 bridgehead atoms. The van der Waals surface area contributed by atoms with Crippen molar-refractivity contribution in [3.63, 3.8) is 0 Å². The number of sulfonamides is 1. The fourth-order valence-electron chi connectivity index (χ4n) is 2.13. The molecule has 0 saturated heterocycles. The maximum absolute atomic E-state index is 12.9. The Bertz CT molecular complexity index is 588. The van der Waals surface area contributed by atoms with Crippen LogP contribution in [0.2, 0.25) is 5.02 Å². The van der Waals surface area contributed by atoms with Crippen molar-refractivity contribution in [2.45, 2.75) is 44.9 Å². The van der Waals surface area contributed by atoms with E-state index in [9.17, 15) is 8.42 Å². The standard InChI is InChI=1S/C15H23Cl2NO2S/c1-5-11(3)10-18(6-2)21(19,20)15-8-14(17)7-13(9-16)12(15)4/h7-8,11H,5-6,9-10H2,1-4H3. The molecule has 120 valence electrons. The summed E-state index contributed by atoms with van der Waals surface area (Å²) >= 11 is 11.9. The molecule has 0 aromatic heterocycles. The predicted octanol–water partition coefficient (Wildman–Crippen LogP) is 4.44. The lowest BCUT2D eigenvalue weighted by molar-refractivity contribution is 0.361. The third-order valence-corrected chi connectivity index (χ3v) is 6.33. The number of nitrogens with zero attached hydrogens (tertiary/aromatic N) is 1.